The molecule has 0 fully saturated rings. The molecule has 0 aliphatic heterocycles. The highest BCUT2D eigenvalue weighted by molar-refractivity contribution is 5.92. The molecule has 6 nitrogen and oxygen atoms in total. The lowest BCUT2D eigenvalue weighted by atomic mass is 10.1. The highest BCUT2D eigenvalue weighted by Crippen LogP contribution is 2.21. The maximum Gasteiger partial charge on any atom is 0.243 e. The predicted octanol–water partition coefficient (Wildman–Crippen LogP) is 3.27. The summed E-state index contributed by atoms with van der Waals surface area (Å²) in [5.74, 6) is 1.21. The summed E-state index contributed by atoms with van der Waals surface area (Å²) in [6, 6.07) is 6.06. The minimum atomic E-state index is -0.0244. The molecule has 1 amide bonds. The van der Waals surface area contributed by atoms with Gasteiger partial charge in [0.15, 0.2) is 5.82 Å². The van der Waals surface area contributed by atoms with Crippen LogP contribution in [0, 0.1) is 13.8 Å². The van der Waals surface area contributed by atoms with E-state index in [2.05, 4.69) is 28.4 Å². The van der Waals surface area contributed by atoms with Gasteiger partial charge in [0.25, 0.3) is 0 Å². The number of benzene rings is 1. The van der Waals surface area contributed by atoms with Crippen LogP contribution in [0.2, 0.25) is 0 Å². The van der Waals surface area contributed by atoms with Gasteiger partial charge in [-0.05, 0) is 45.4 Å². The van der Waals surface area contributed by atoms with E-state index in [1.54, 1.807) is 6.92 Å². The zero-order valence-corrected chi connectivity index (χ0v) is 15.1. The zero-order chi connectivity index (χ0) is 17.7. The molecule has 1 heterocycles. The van der Waals surface area contributed by atoms with Gasteiger partial charge in [-0.3, -0.25) is 9.69 Å². The van der Waals surface area contributed by atoms with Gasteiger partial charge in [0.1, 0.15) is 0 Å². The Morgan fingerprint density at radius 2 is 2.12 bits per heavy atom. The molecule has 0 saturated carbocycles. The number of nitrogens with one attached hydrogen (secondary N) is 1. The molecule has 1 aromatic heterocycles. The summed E-state index contributed by atoms with van der Waals surface area (Å²) >= 11 is 0. The van der Waals surface area contributed by atoms with E-state index in [0.29, 0.717) is 24.7 Å². The molecule has 1 aromatic carbocycles. The Hall–Kier alpha value is -2.21. The maximum atomic E-state index is 12.3. The summed E-state index contributed by atoms with van der Waals surface area (Å²) in [5, 5.41) is 6.86. The number of aryl methyl sites for hydroxylation is 3. The number of nitrogens with zero attached hydrogens (tertiary/aromatic N) is 3. The smallest absolute Gasteiger partial charge is 0.243 e. The third-order valence-corrected chi connectivity index (χ3v) is 4.26. The SMILES string of the molecule is CCc1cccc(C)c1NC(=O)CCN(C)[C@H](C)c1nc(C)no1. The topological polar surface area (TPSA) is 71.3 Å². The first-order valence-electron chi connectivity index (χ1n) is 8.31. The van der Waals surface area contributed by atoms with Gasteiger partial charge in [0, 0.05) is 18.7 Å². The molecule has 0 unspecified atom stereocenters. The van der Waals surface area contributed by atoms with Crippen molar-refractivity contribution in [2.75, 3.05) is 18.9 Å². The number of hydrogen-bond acceptors (Lipinski definition) is 5. The van der Waals surface area contributed by atoms with Gasteiger partial charge in [-0.1, -0.05) is 30.3 Å². The second-order valence-corrected chi connectivity index (χ2v) is 6.10. The van der Waals surface area contributed by atoms with Crippen LogP contribution in [0.25, 0.3) is 0 Å². The van der Waals surface area contributed by atoms with Crippen LogP contribution in [0.1, 0.15) is 49.2 Å². The van der Waals surface area contributed by atoms with E-state index in [0.717, 1.165) is 23.2 Å². The fourth-order valence-electron chi connectivity index (χ4n) is 2.55. The molecule has 24 heavy (non-hydrogen) atoms. The van der Waals surface area contributed by atoms with Crippen molar-refractivity contribution in [3.8, 4) is 0 Å². The summed E-state index contributed by atoms with van der Waals surface area (Å²) in [7, 11) is 1.95. The molecule has 1 N–H and O–H groups in total. The van der Waals surface area contributed by atoms with E-state index < -0.39 is 0 Å². The second kappa shape index (κ2) is 8.06. The minimum Gasteiger partial charge on any atom is -0.338 e. The van der Waals surface area contributed by atoms with Crippen molar-refractivity contribution in [1.29, 1.82) is 0 Å². The van der Waals surface area contributed by atoms with Crippen LogP contribution in [0.4, 0.5) is 5.69 Å². The Balaban J connectivity index is 1.91. The first kappa shape index (κ1) is 18.1. The summed E-state index contributed by atoms with van der Waals surface area (Å²) in [5.41, 5.74) is 3.19. The molecule has 0 spiro atoms. The lowest BCUT2D eigenvalue weighted by molar-refractivity contribution is -0.116. The van der Waals surface area contributed by atoms with Crippen molar-refractivity contribution < 1.29 is 9.32 Å². The summed E-state index contributed by atoms with van der Waals surface area (Å²) in [4.78, 5) is 18.6. The molecule has 2 rings (SSSR count). The highest BCUT2D eigenvalue weighted by atomic mass is 16.5. The van der Waals surface area contributed by atoms with Crippen LogP contribution < -0.4 is 5.32 Å². The molecule has 0 bridgehead atoms. The molecule has 0 aliphatic rings. The first-order valence-corrected chi connectivity index (χ1v) is 8.31. The number of amides is 1. The Morgan fingerprint density at radius 3 is 2.75 bits per heavy atom. The van der Waals surface area contributed by atoms with Crippen LogP contribution in [0.3, 0.4) is 0 Å². The second-order valence-electron chi connectivity index (χ2n) is 6.10. The normalized spacial score (nSPS) is 12.4. The molecule has 0 aliphatic carbocycles. The van der Waals surface area contributed by atoms with Crippen molar-refractivity contribution in [3.63, 3.8) is 0 Å². The zero-order valence-electron chi connectivity index (χ0n) is 15.1. The van der Waals surface area contributed by atoms with Gasteiger partial charge in [-0.15, -0.1) is 0 Å². The number of rotatable bonds is 7. The van der Waals surface area contributed by atoms with Crippen LogP contribution in [-0.2, 0) is 11.2 Å². The number of aromatic nitrogens is 2. The highest BCUT2D eigenvalue weighted by Gasteiger charge is 2.18. The molecule has 1 atom stereocenters. The summed E-state index contributed by atoms with van der Waals surface area (Å²) in [6.07, 6.45) is 1.30. The largest absolute Gasteiger partial charge is 0.338 e. The van der Waals surface area contributed by atoms with E-state index >= 15 is 0 Å². The van der Waals surface area contributed by atoms with Crippen molar-refractivity contribution >= 4 is 11.6 Å². The van der Waals surface area contributed by atoms with Crippen molar-refractivity contribution in [2.45, 2.75) is 46.6 Å². The van der Waals surface area contributed by atoms with Crippen molar-refractivity contribution in [2.24, 2.45) is 0 Å². The van der Waals surface area contributed by atoms with Crippen molar-refractivity contribution in [1.82, 2.24) is 15.0 Å². The average molecular weight is 330 g/mol. The lowest BCUT2D eigenvalue weighted by Crippen LogP contribution is -2.27. The number of carbonyl (C=O) groups excluding carboxylic acids is 1. The fourth-order valence-corrected chi connectivity index (χ4v) is 2.55. The summed E-state index contributed by atoms with van der Waals surface area (Å²) < 4.78 is 5.19. The van der Waals surface area contributed by atoms with Crippen LogP contribution >= 0.6 is 0 Å². The Kier molecular flexibility index (Phi) is 6.09. The van der Waals surface area contributed by atoms with Gasteiger partial charge in [-0.2, -0.15) is 4.98 Å². The number of carbonyl (C=O) groups is 1. The Labute approximate surface area is 143 Å². The van der Waals surface area contributed by atoms with Gasteiger partial charge in [-0.25, -0.2) is 0 Å². The third kappa shape index (κ3) is 4.41. The van der Waals surface area contributed by atoms with E-state index in [4.69, 9.17) is 4.52 Å². The standard InChI is InChI=1S/C18H26N4O2/c1-6-15-9-7-8-12(2)17(15)20-16(23)10-11-22(5)13(3)18-19-14(4)21-24-18/h7-9,13H,6,10-11H2,1-5H3,(H,20,23)/t13-/m1/s1. The monoisotopic (exact) mass is 330 g/mol. The van der Waals surface area contributed by atoms with E-state index in [1.807, 2.05) is 37.9 Å². The number of hydrogen-bond donors (Lipinski definition) is 1. The van der Waals surface area contributed by atoms with E-state index in [1.165, 1.54) is 0 Å². The van der Waals surface area contributed by atoms with Crippen molar-refractivity contribution in [3.05, 3.63) is 41.0 Å². The molecule has 2 aromatic rings. The minimum absolute atomic E-state index is 0.0137. The summed E-state index contributed by atoms with van der Waals surface area (Å²) in [6.45, 7) is 8.50. The number of para-hydroxylation sites is 1. The number of anilines is 1. The first-order chi connectivity index (χ1) is 11.4. The van der Waals surface area contributed by atoms with Gasteiger partial charge in [0.2, 0.25) is 11.8 Å². The van der Waals surface area contributed by atoms with E-state index in [9.17, 15) is 4.79 Å². The maximum absolute atomic E-state index is 12.3. The predicted molar refractivity (Wildman–Crippen MR) is 93.9 cm³/mol. The molecular formula is C18H26N4O2. The molecule has 130 valence electrons. The third-order valence-electron chi connectivity index (χ3n) is 4.26. The van der Waals surface area contributed by atoms with Gasteiger partial charge in [0.05, 0.1) is 6.04 Å². The van der Waals surface area contributed by atoms with E-state index in [-0.39, 0.29) is 11.9 Å². The molecule has 0 radical (unpaired) electrons. The molecule has 0 saturated heterocycles. The Morgan fingerprint density at radius 1 is 1.38 bits per heavy atom. The van der Waals surface area contributed by atoms with Gasteiger partial charge >= 0.3 is 0 Å². The van der Waals surface area contributed by atoms with Crippen LogP contribution in [0.15, 0.2) is 22.7 Å². The quantitative estimate of drug-likeness (QED) is 0.843. The average Bonchev–Trinajstić information content (AvgIpc) is 3.00. The molecular weight excluding hydrogens is 304 g/mol. The fraction of sp³-hybridized carbons (Fsp3) is 0.500. The van der Waals surface area contributed by atoms with Crippen LogP contribution in [-0.4, -0.2) is 34.5 Å². The molecule has 6 heteroatoms. The van der Waals surface area contributed by atoms with Gasteiger partial charge < -0.3 is 9.84 Å². The van der Waals surface area contributed by atoms with Crippen LogP contribution in [0.5, 0.6) is 0 Å². The lowest BCUT2D eigenvalue weighted by Gasteiger charge is -2.21. The Bertz CT molecular complexity index is 696.